The molecule has 0 aromatic carbocycles. The summed E-state index contributed by atoms with van der Waals surface area (Å²) in [5, 5.41) is 0. The molecule has 4 aliphatic carbocycles. The number of carbonyl (C=O) groups excluding carboxylic acids is 3. The largest absolute Gasteiger partial charge is 0.469 e. The minimum absolute atomic E-state index is 0.0253. The van der Waals surface area contributed by atoms with E-state index in [1.165, 1.54) is 14.2 Å². The maximum absolute atomic E-state index is 12.3. The Morgan fingerprint density at radius 2 is 1.83 bits per heavy atom. The molecule has 0 aromatic heterocycles. The molecule has 4 bridgehead atoms. The van der Waals surface area contributed by atoms with E-state index in [9.17, 15) is 14.4 Å². The number of carbonyl (C=O) groups is 3. The fourth-order valence-electron chi connectivity index (χ4n) is 4.54. The number of hydrogen-bond donors (Lipinski definition) is 0. The molecule has 5 heteroatoms. The van der Waals surface area contributed by atoms with E-state index < -0.39 is 16.8 Å². The smallest absolute Gasteiger partial charge is 0.319 e. The summed E-state index contributed by atoms with van der Waals surface area (Å²) in [5.41, 5.74) is -1.70. The fraction of sp³-hybridized carbons (Fsp3) is 0.769. The molecule has 4 atom stereocenters. The van der Waals surface area contributed by atoms with Crippen LogP contribution in [0.1, 0.15) is 25.7 Å². The second-order valence-corrected chi connectivity index (χ2v) is 5.80. The van der Waals surface area contributed by atoms with Crippen molar-refractivity contribution >= 4 is 17.7 Å². The van der Waals surface area contributed by atoms with E-state index in [4.69, 9.17) is 9.47 Å². The molecule has 4 unspecified atom stereocenters. The number of methoxy groups -OCH3 is 2. The Balaban J connectivity index is 2.05. The van der Waals surface area contributed by atoms with Gasteiger partial charge in [-0.2, -0.15) is 0 Å². The molecule has 5 nitrogen and oxygen atoms in total. The van der Waals surface area contributed by atoms with E-state index in [1.54, 1.807) is 0 Å². The lowest BCUT2D eigenvalue weighted by Crippen LogP contribution is -2.47. The van der Waals surface area contributed by atoms with Gasteiger partial charge in [0.05, 0.1) is 19.6 Å². The number of esters is 2. The van der Waals surface area contributed by atoms with Crippen LogP contribution in [-0.2, 0) is 23.9 Å². The van der Waals surface area contributed by atoms with Crippen LogP contribution in [0.4, 0.5) is 0 Å². The third kappa shape index (κ3) is 1.06. The fourth-order valence-corrected chi connectivity index (χ4v) is 4.54. The van der Waals surface area contributed by atoms with Crippen molar-refractivity contribution in [1.82, 2.24) is 0 Å². The summed E-state index contributed by atoms with van der Waals surface area (Å²) in [6.45, 7) is 0. The van der Waals surface area contributed by atoms with Gasteiger partial charge in [-0.15, -0.1) is 0 Å². The van der Waals surface area contributed by atoms with Gasteiger partial charge in [0, 0.05) is 5.92 Å². The molecule has 0 heterocycles. The zero-order valence-corrected chi connectivity index (χ0v) is 10.5. The van der Waals surface area contributed by atoms with Crippen molar-refractivity contribution in [1.29, 1.82) is 0 Å². The van der Waals surface area contributed by atoms with Gasteiger partial charge in [-0.1, -0.05) is 0 Å². The van der Waals surface area contributed by atoms with Crippen LogP contribution in [-0.4, -0.2) is 31.9 Å². The molecule has 4 fully saturated rings. The Morgan fingerprint density at radius 1 is 1.17 bits per heavy atom. The summed E-state index contributed by atoms with van der Waals surface area (Å²) >= 11 is 0. The quantitative estimate of drug-likeness (QED) is 0.534. The highest BCUT2D eigenvalue weighted by Crippen LogP contribution is 2.69. The first kappa shape index (κ1) is 11.7. The average molecular weight is 252 g/mol. The SMILES string of the molecule is COC(=O)C12CC3CC(CC3(C(=O)OC)C1)C2=O. The minimum Gasteiger partial charge on any atom is -0.469 e. The molecule has 0 aromatic rings. The summed E-state index contributed by atoms with van der Waals surface area (Å²) in [7, 11) is 2.66. The Morgan fingerprint density at radius 3 is 2.44 bits per heavy atom. The van der Waals surface area contributed by atoms with Gasteiger partial charge in [0.2, 0.25) is 0 Å². The summed E-state index contributed by atoms with van der Waals surface area (Å²) in [6.07, 6.45) is 1.98. The van der Waals surface area contributed by atoms with Gasteiger partial charge >= 0.3 is 11.9 Å². The van der Waals surface area contributed by atoms with E-state index >= 15 is 0 Å². The zero-order chi connectivity index (χ0) is 13.1. The van der Waals surface area contributed by atoms with Crippen LogP contribution in [0.2, 0.25) is 0 Å². The standard InChI is InChI=1S/C13H16O5/c1-17-10(15)12-4-7-3-8(12)5-13(6-12,9(7)14)11(16)18-2/h7-8H,3-6H2,1-2H3. The number of Topliss-reactive ketones (excluding diaryl/α,β-unsaturated/α-hetero) is 1. The van der Waals surface area contributed by atoms with Crippen molar-refractivity contribution in [3.8, 4) is 0 Å². The van der Waals surface area contributed by atoms with Crippen LogP contribution in [0, 0.1) is 22.7 Å². The molecule has 0 amide bonds. The van der Waals surface area contributed by atoms with Gasteiger partial charge in [0.15, 0.2) is 5.78 Å². The van der Waals surface area contributed by atoms with E-state index in [-0.39, 0.29) is 30.0 Å². The lowest BCUT2D eigenvalue weighted by molar-refractivity contribution is -0.165. The summed E-state index contributed by atoms with van der Waals surface area (Å²) in [4.78, 5) is 36.4. The van der Waals surface area contributed by atoms with E-state index in [0.29, 0.717) is 19.3 Å². The van der Waals surface area contributed by atoms with Gasteiger partial charge in [0.25, 0.3) is 0 Å². The monoisotopic (exact) mass is 252 g/mol. The molecular weight excluding hydrogens is 236 g/mol. The van der Waals surface area contributed by atoms with Crippen LogP contribution in [0.3, 0.4) is 0 Å². The summed E-state index contributed by atoms with van der Waals surface area (Å²) in [5.74, 6) is -0.856. The lowest BCUT2D eigenvalue weighted by atomic mass is 9.66. The highest BCUT2D eigenvalue weighted by molar-refractivity contribution is 6.08. The van der Waals surface area contributed by atoms with Crippen LogP contribution in [0.15, 0.2) is 0 Å². The zero-order valence-electron chi connectivity index (χ0n) is 10.5. The predicted molar refractivity (Wildman–Crippen MR) is 59.4 cm³/mol. The Labute approximate surface area is 105 Å². The predicted octanol–water partition coefficient (Wildman–Crippen LogP) is 0.708. The van der Waals surface area contributed by atoms with Crippen molar-refractivity contribution < 1.29 is 23.9 Å². The van der Waals surface area contributed by atoms with E-state index in [0.717, 1.165) is 0 Å². The van der Waals surface area contributed by atoms with Crippen molar-refractivity contribution in [3.05, 3.63) is 0 Å². The first-order chi connectivity index (χ1) is 8.50. The Kier molecular flexibility index (Phi) is 2.17. The molecule has 98 valence electrons. The molecule has 18 heavy (non-hydrogen) atoms. The Bertz CT molecular complexity index is 456. The maximum Gasteiger partial charge on any atom is 0.319 e. The van der Waals surface area contributed by atoms with Crippen molar-refractivity contribution in [2.24, 2.45) is 22.7 Å². The molecule has 4 rings (SSSR count). The molecule has 0 saturated heterocycles. The molecule has 0 spiro atoms. The van der Waals surface area contributed by atoms with Crippen molar-refractivity contribution in [2.45, 2.75) is 25.7 Å². The number of ketones is 1. The van der Waals surface area contributed by atoms with Gasteiger partial charge in [-0.3, -0.25) is 14.4 Å². The van der Waals surface area contributed by atoms with Crippen LogP contribution in [0.25, 0.3) is 0 Å². The maximum atomic E-state index is 12.3. The van der Waals surface area contributed by atoms with Crippen LogP contribution < -0.4 is 0 Å². The number of hydrogen-bond acceptors (Lipinski definition) is 5. The third-order valence-corrected chi connectivity index (χ3v) is 5.18. The normalized spacial score (nSPS) is 44.2. The minimum atomic E-state index is -1.07. The first-order valence-electron chi connectivity index (χ1n) is 6.21. The van der Waals surface area contributed by atoms with Gasteiger partial charge < -0.3 is 9.47 Å². The van der Waals surface area contributed by atoms with Crippen LogP contribution >= 0.6 is 0 Å². The van der Waals surface area contributed by atoms with Crippen molar-refractivity contribution in [3.63, 3.8) is 0 Å². The summed E-state index contributed by atoms with van der Waals surface area (Å²) in [6, 6.07) is 0. The van der Waals surface area contributed by atoms with E-state index in [1.807, 2.05) is 0 Å². The molecule has 0 radical (unpaired) electrons. The molecule has 4 aliphatic rings. The average Bonchev–Trinajstić information content (AvgIpc) is 2.82. The number of rotatable bonds is 2. The summed E-state index contributed by atoms with van der Waals surface area (Å²) < 4.78 is 9.70. The molecule has 4 saturated carbocycles. The number of ether oxygens (including phenoxy) is 2. The highest BCUT2D eigenvalue weighted by atomic mass is 16.5. The second kappa shape index (κ2) is 3.33. The molecular formula is C13H16O5. The third-order valence-electron chi connectivity index (χ3n) is 5.18. The van der Waals surface area contributed by atoms with Gasteiger partial charge in [-0.25, -0.2) is 0 Å². The lowest BCUT2D eigenvalue weighted by Gasteiger charge is -2.35. The molecule has 0 N–H and O–H groups in total. The van der Waals surface area contributed by atoms with Crippen LogP contribution in [0.5, 0.6) is 0 Å². The first-order valence-corrected chi connectivity index (χ1v) is 6.21. The van der Waals surface area contributed by atoms with Gasteiger partial charge in [-0.05, 0) is 31.6 Å². The second-order valence-electron chi connectivity index (χ2n) is 5.80. The van der Waals surface area contributed by atoms with Gasteiger partial charge in [0.1, 0.15) is 5.41 Å². The Hall–Kier alpha value is -1.39. The topological polar surface area (TPSA) is 69.7 Å². The highest BCUT2D eigenvalue weighted by Gasteiger charge is 2.74. The molecule has 0 aliphatic heterocycles. The van der Waals surface area contributed by atoms with E-state index in [2.05, 4.69) is 0 Å². The van der Waals surface area contributed by atoms with Crippen molar-refractivity contribution in [2.75, 3.05) is 14.2 Å².